The van der Waals surface area contributed by atoms with Crippen LogP contribution in [0.4, 0.5) is 5.69 Å². The minimum Gasteiger partial charge on any atom is -0.507 e. The number of hydrogen-bond acceptors (Lipinski definition) is 5. The number of likely N-dealkylation sites (tertiary alicyclic amines) is 1. The summed E-state index contributed by atoms with van der Waals surface area (Å²) in [5.41, 5.74) is 0.698. The summed E-state index contributed by atoms with van der Waals surface area (Å²) in [6.45, 7) is 4.92. The summed E-state index contributed by atoms with van der Waals surface area (Å²) in [4.78, 5) is 44.0. The minimum absolute atomic E-state index is 0.144. The van der Waals surface area contributed by atoms with Crippen LogP contribution in [0.1, 0.15) is 42.9 Å². The second-order valence-corrected chi connectivity index (χ2v) is 8.76. The summed E-state index contributed by atoms with van der Waals surface area (Å²) in [6.07, 6.45) is 2.09. The number of aliphatic hydroxyl groups is 1. The second kappa shape index (κ2) is 9.43. The van der Waals surface area contributed by atoms with Crippen LogP contribution in [0.5, 0.6) is 0 Å². The van der Waals surface area contributed by atoms with Crippen LogP contribution >= 0.6 is 0 Å². The summed E-state index contributed by atoms with van der Waals surface area (Å²) in [6, 6.07) is 14.2. The third kappa shape index (κ3) is 3.51. The maximum absolute atomic E-state index is 14.2. The maximum Gasteiger partial charge on any atom is 0.296 e. The highest BCUT2D eigenvalue weighted by Crippen LogP contribution is 2.53. The van der Waals surface area contributed by atoms with Crippen molar-refractivity contribution < 1.29 is 24.2 Å². The van der Waals surface area contributed by atoms with Gasteiger partial charge in [-0.15, -0.1) is 0 Å². The lowest BCUT2D eigenvalue weighted by Gasteiger charge is -2.34. The Hall–Kier alpha value is -3.45. The molecule has 0 aliphatic carbocycles. The minimum atomic E-state index is -1.71. The summed E-state index contributed by atoms with van der Waals surface area (Å²) in [7, 11) is 1.56. The Balaban J connectivity index is 1.99. The van der Waals surface area contributed by atoms with Crippen LogP contribution < -0.4 is 4.90 Å². The fraction of sp³-hybridized carbons (Fsp3) is 0.370. The first-order chi connectivity index (χ1) is 16.4. The van der Waals surface area contributed by atoms with Crippen LogP contribution in [0.3, 0.4) is 0 Å². The van der Waals surface area contributed by atoms with E-state index in [0.717, 1.165) is 18.4 Å². The number of benzene rings is 2. The molecular weight excluding hydrogens is 432 g/mol. The molecule has 2 aromatic rings. The highest BCUT2D eigenvalue weighted by molar-refractivity contribution is 6.50. The number of unbranched alkanes of at least 4 members (excludes halogenated alkanes) is 1. The van der Waals surface area contributed by atoms with Crippen molar-refractivity contribution in [1.29, 1.82) is 0 Å². The number of anilines is 1. The van der Waals surface area contributed by atoms with Crippen LogP contribution in [0, 0.1) is 6.92 Å². The topological polar surface area (TPSA) is 87.2 Å². The Morgan fingerprint density at radius 3 is 2.38 bits per heavy atom. The van der Waals surface area contributed by atoms with Crippen molar-refractivity contribution in [3.05, 3.63) is 70.8 Å². The number of Topliss-reactive ketones (excluding diaryl/α,β-unsaturated/α-hetero) is 1. The van der Waals surface area contributed by atoms with Crippen LogP contribution in [0.15, 0.2) is 54.1 Å². The van der Waals surface area contributed by atoms with Crippen molar-refractivity contribution in [2.75, 3.05) is 31.7 Å². The van der Waals surface area contributed by atoms with Crippen LogP contribution in [0.25, 0.3) is 5.76 Å². The smallest absolute Gasteiger partial charge is 0.296 e. The number of rotatable bonds is 8. The molecular formula is C27H30N2O5. The normalized spacial score (nSPS) is 21.1. The van der Waals surface area contributed by atoms with E-state index in [0.29, 0.717) is 36.4 Å². The van der Waals surface area contributed by atoms with E-state index >= 15 is 0 Å². The lowest BCUT2D eigenvalue weighted by atomic mass is 9.81. The zero-order chi connectivity index (χ0) is 24.5. The van der Waals surface area contributed by atoms with Gasteiger partial charge in [0.15, 0.2) is 5.54 Å². The molecule has 1 saturated heterocycles. The molecule has 2 aliphatic heterocycles. The Morgan fingerprint density at radius 2 is 1.71 bits per heavy atom. The van der Waals surface area contributed by atoms with E-state index in [-0.39, 0.29) is 23.8 Å². The zero-order valence-electron chi connectivity index (χ0n) is 19.8. The van der Waals surface area contributed by atoms with Gasteiger partial charge in [-0.1, -0.05) is 61.4 Å². The number of ether oxygens (including phenoxy) is 1. The monoisotopic (exact) mass is 462 g/mol. The number of fused-ring (bicyclic) bond motifs is 2. The molecule has 0 saturated carbocycles. The SMILES string of the molecule is CCCCN1C(=O)[C@]2(C(=C(O)c3ccc(C)cc3)C(=O)C(=O)N2CCCOC)c2ccccc21. The molecule has 2 aliphatic rings. The number of para-hydroxylation sites is 1. The zero-order valence-corrected chi connectivity index (χ0v) is 19.8. The molecule has 0 bridgehead atoms. The molecule has 7 heteroatoms. The number of amides is 2. The Kier molecular flexibility index (Phi) is 6.57. The fourth-order valence-electron chi connectivity index (χ4n) is 4.93. The number of hydrogen-bond donors (Lipinski definition) is 1. The fourth-order valence-corrected chi connectivity index (χ4v) is 4.93. The summed E-state index contributed by atoms with van der Waals surface area (Å²) < 4.78 is 5.16. The van der Waals surface area contributed by atoms with Crippen LogP contribution in [-0.2, 0) is 24.7 Å². The van der Waals surface area contributed by atoms with Gasteiger partial charge in [-0.2, -0.15) is 0 Å². The molecule has 34 heavy (non-hydrogen) atoms. The molecule has 2 amide bonds. The van der Waals surface area contributed by atoms with Crippen molar-refractivity contribution in [2.24, 2.45) is 0 Å². The first-order valence-electron chi connectivity index (χ1n) is 11.7. The second-order valence-electron chi connectivity index (χ2n) is 8.76. The van der Waals surface area contributed by atoms with Gasteiger partial charge in [-0.3, -0.25) is 14.4 Å². The van der Waals surface area contributed by atoms with Gasteiger partial charge in [0.2, 0.25) is 0 Å². The highest BCUT2D eigenvalue weighted by Gasteiger charge is 2.66. The van der Waals surface area contributed by atoms with Crippen molar-refractivity contribution in [3.63, 3.8) is 0 Å². The molecule has 0 radical (unpaired) electrons. The standard InChI is InChI=1S/C27H30N2O5/c1-4-5-15-28-21-10-7-6-9-20(21)27(26(28)33)22(23(30)19-13-11-18(2)12-14-19)24(31)25(32)29(27)16-8-17-34-3/h6-7,9-14,30H,4-5,8,15-17H2,1-3H3/t27-/m1/s1. The van der Waals surface area contributed by atoms with E-state index in [1.807, 2.05) is 38.1 Å². The van der Waals surface area contributed by atoms with Crippen molar-refractivity contribution in [1.82, 2.24) is 4.90 Å². The van der Waals surface area contributed by atoms with Crippen LogP contribution in [-0.4, -0.2) is 54.4 Å². The van der Waals surface area contributed by atoms with Gasteiger partial charge >= 0.3 is 0 Å². The number of aliphatic hydroxyl groups excluding tert-OH is 1. The average molecular weight is 463 g/mol. The highest BCUT2D eigenvalue weighted by atomic mass is 16.5. The largest absolute Gasteiger partial charge is 0.507 e. The Bertz CT molecular complexity index is 1150. The maximum atomic E-state index is 14.2. The van der Waals surface area contributed by atoms with E-state index in [2.05, 4.69) is 0 Å². The van der Waals surface area contributed by atoms with Crippen molar-refractivity contribution >= 4 is 29.0 Å². The number of ketones is 1. The van der Waals surface area contributed by atoms with Gasteiger partial charge in [-0.25, -0.2) is 0 Å². The quantitative estimate of drug-likeness (QED) is 0.279. The predicted molar refractivity (Wildman–Crippen MR) is 129 cm³/mol. The molecule has 178 valence electrons. The van der Waals surface area contributed by atoms with Crippen molar-refractivity contribution in [3.8, 4) is 0 Å². The molecule has 1 spiro atoms. The average Bonchev–Trinajstić information content (AvgIpc) is 3.21. The molecule has 0 aromatic heterocycles. The van der Waals surface area contributed by atoms with E-state index < -0.39 is 17.2 Å². The lowest BCUT2D eigenvalue weighted by Crippen LogP contribution is -2.52. The molecule has 1 atom stereocenters. The third-order valence-electron chi connectivity index (χ3n) is 6.60. The van der Waals surface area contributed by atoms with Gasteiger partial charge in [0.1, 0.15) is 5.76 Å². The number of nitrogens with zero attached hydrogens (tertiary/aromatic N) is 2. The van der Waals surface area contributed by atoms with Crippen molar-refractivity contribution in [2.45, 2.75) is 38.6 Å². The predicted octanol–water partition coefficient (Wildman–Crippen LogP) is 3.75. The van der Waals surface area contributed by atoms with E-state index in [4.69, 9.17) is 4.74 Å². The van der Waals surface area contributed by atoms with E-state index in [1.165, 1.54) is 4.90 Å². The Morgan fingerprint density at radius 1 is 1.00 bits per heavy atom. The molecule has 0 unspecified atom stereocenters. The van der Waals surface area contributed by atoms with E-state index in [1.54, 1.807) is 36.3 Å². The molecule has 2 heterocycles. The van der Waals surface area contributed by atoms with Gasteiger partial charge in [-0.05, 0) is 25.8 Å². The number of carbonyl (C=O) groups excluding carboxylic acids is 3. The van der Waals surface area contributed by atoms with Gasteiger partial charge in [0.05, 0.1) is 11.3 Å². The van der Waals surface area contributed by atoms with Gasteiger partial charge in [0.25, 0.3) is 17.6 Å². The van der Waals surface area contributed by atoms with Gasteiger partial charge in [0, 0.05) is 37.9 Å². The Labute approximate surface area is 199 Å². The number of carbonyl (C=O) groups is 3. The number of aryl methyl sites for hydroxylation is 1. The van der Waals surface area contributed by atoms with Gasteiger partial charge < -0.3 is 19.6 Å². The first kappa shape index (κ1) is 23.7. The molecule has 2 aromatic carbocycles. The molecule has 4 rings (SSSR count). The molecule has 7 nitrogen and oxygen atoms in total. The molecule has 1 fully saturated rings. The molecule has 1 N–H and O–H groups in total. The summed E-state index contributed by atoms with van der Waals surface area (Å²) in [5.74, 6) is -2.36. The lowest BCUT2D eigenvalue weighted by molar-refractivity contribution is -0.143. The van der Waals surface area contributed by atoms with Crippen LogP contribution in [0.2, 0.25) is 0 Å². The first-order valence-corrected chi connectivity index (χ1v) is 11.7. The number of methoxy groups -OCH3 is 1. The van der Waals surface area contributed by atoms with E-state index in [9.17, 15) is 19.5 Å². The third-order valence-corrected chi connectivity index (χ3v) is 6.60. The summed E-state index contributed by atoms with van der Waals surface area (Å²) >= 11 is 0. The summed E-state index contributed by atoms with van der Waals surface area (Å²) in [5, 5.41) is 11.4.